The molecule has 0 unspecified atom stereocenters. The third-order valence-corrected chi connectivity index (χ3v) is 6.38. The lowest BCUT2D eigenvalue weighted by atomic mass is 10.2. The van der Waals surface area contributed by atoms with Crippen molar-refractivity contribution < 1.29 is 24.0 Å². The first-order valence-electron chi connectivity index (χ1n) is 11.3. The summed E-state index contributed by atoms with van der Waals surface area (Å²) in [5.41, 5.74) is -0.171. The molecule has 3 aromatic carbocycles. The van der Waals surface area contributed by atoms with Gasteiger partial charge in [0.25, 0.3) is 5.56 Å². The summed E-state index contributed by atoms with van der Waals surface area (Å²) in [6.07, 6.45) is -0.309. The van der Waals surface area contributed by atoms with Gasteiger partial charge in [0.1, 0.15) is 5.58 Å². The number of ether oxygens (including phenoxy) is 1. The van der Waals surface area contributed by atoms with Crippen molar-refractivity contribution in [3.63, 3.8) is 0 Å². The van der Waals surface area contributed by atoms with Crippen molar-refractivity contribution in [2.24, 2.45) is 5.10 Å². The average molecular weight is 612 g/mol. The van der Waals surface area contributed by atoms with E-state index in [-0.39, 0.29) is 33.3 Å². The summed E-state index contributed by atoms with van der Waals surface area (Å²) < 4.78 is 13.2. The molecule has 0 amide bonds. The van der Waals surface area contributed by atoms with Crippen molar-refractivity contribution in [1.82, 2.24) is 9.66 Å². The van der Waals surface area contributed by atoms with E-state index in [0.29, 0.717) is 11.1 Å². The van der Waals surface area contributed by atoms with E-state index in [1.807, 2.05) is 6.07 Å². The van der Waals surface area contributed by atoms with Gasteiger partial charge in [0, 0.05) is 26.5 Å². The van der Waals surface area contributed by atoms with Crippen LogP contribution in [-0.2, 0) is 4.79 Å². The van der Waals surface area contributed by atoms with Crippen LogP contribution in [0.2, 0.25) is 5.02 Å². The van der Waals surface area contributed by atoms with Gasteiger partial charge in [-0.15, -0.1) is 0 Å². The van der Waals surface area contributed by atoms with Crippen molar-refractivity contribution >= 4 is 67.3 Å². The maximum atomic E-state index is 13.5. The van der Waals surface area contributed by atoms with Crippen molar-refractivity contribution in [1.29, 1.82) is 0 Å². The zero-order valence-electron chi connectivity index (χ0n) is 19.9. The lowest BCUT2D eigenvalue weighted by Gasteiger charge is -2.13. The second-order valence-corrected chi connectivity index (χ2v) is 9.66. The number of rotatable bonds is 7. The summed E-state index contributed by atoms with van der Waals surface area (Å²) in [4.78, 5) is 40.4. The summed E-state index contributed by atoms with van der Waals surface area (Å²) in [6, 6.07) is 16.1. The molecule has 2 heterocycles. The Morgan fingerprint density at radius 2 is 2.03 bits per heavy atom. The number of benzene rings is 3. The fraction of sp³-hybridized carbons (Fsp3) is 0.0769. The molecular formula is C26H16BrClN4O7. The predicted octanol–water partition coefficient (Wildman–Crippen LogP) is 5.87. The van der Waals surface area contributed by atoms with Crippen LogP contribution in [0.25, 0.3) is 33.5 Å². The quantitative estimate of drug-likeness (QED) is 0.136. The lowest BCUT2D eigenvalue weighted by Crippen LogP contribution is -2.24. The topological polar surface area (TPSA) is 150 Å². The number of aliphatic carboxylic acids is 1. The van der Waals surface area contributed by atoms with Crippen LogP contribution < -0.4 is 10.3 Å². The number of nitrogens with zero attached hydrogens (tertiary/aromatic N) is 4. The molecule has 2 aromatic heterocycles. The summed E-state index contributed by atoms with van der Waals surface area (Å²) in [5, 5.41) is 26.3. The van der Waals surface area contributed by atoms with Crippen LogP contribution in [0.1, 0.15) is 12.5 Å². The molecule has 1 N–H and O–H groups in total. The van der Waals surface area contributed by atoms with Gasteiger partial charge in [0.15, 0.2) is 11.9 Å². The summed E-state index contributed by atoms with van der Waals surface area (Å²) >= 11 is 9.52. The Labute approximate surface area is 232 Å². The van der Waals surface area contributed by atoms with Gasteiger partial charge >= 0.3 is 11.7 Å². The van der Waals surface area contributed by atoms with Crippen LogP contribution in [-0.4, -0.2) is 38.0 Å². The number of halogens is 2. The molecule has 0 bridgehead atoms. The highest BCUT2D eigenvalue weighted by atomic mass is 79.9. The van der Waals surface area contributed by atoms with E-state index in [2.05, 4.69) is 26.0 Å². The lowest BCUT2D eigenvalue weighted by molar-refractivity contribution is -0.386. The van der Waals surface area contributed by atoms with Gasteiger partial charge in [-0.05, 0) is 49.4 Å². The molecule has 0 fully saturated rings. The first kappa shape index (κ1) is 26.1. The van der Waals surface area contributed by atoms with Crippen LogP contribution in [0.15, 0.2) is 79.4 Å². The monoisotopic (exact) mass is 610 g/mol. The molecule has 0 aliphatic heterocycles. The maximum Gasteiger partial charge on any atom is 0.344 e. The molecule has 39 heavy (non-hydrogen) atoms. The number of aromatic nitrogens is 2. The normalized spacial score (nSPS) is 12.3. The number of carbonyl (C=O) groups is 1. The van der Waals surface area contributed by atoms with E-state index < -0.39 is 28.2 Å². The molecule has 0 radical (unpaired) electrons. The Bertz CT molecular complexity index is 1880. The van der Waals surface area contributed by atoms with E-state index in [4.69, 9.17) is 20.8 Å². The number of hydrogen-bond acceptors (Lipinski definition) is 8. The molecular weight excluding hydrogens is 596 g/mol. The van der Waals surface area contributed by atoms with Crippen LogP contribution in [0, 0.1) is 10.1 Å². The van der Waals surface area contributed by atoms with Gasteiger partial charge in [0.05, 0.1) is 22.0 Å². The van der Waals surface area contributed by atoms with Gasteiger partial charge in [-0.1, -0.05) is 39.7 Å². The first-order chi connectivity index (χ1) is 18.6. The highest BCUT2D eigenvalue weighted by Crippen LogP contribution is 2.35. The number of carboxylic acid groups (broad SMARTS) is 1. The van der Waals surface area contributed by atoms with Crippen LogP contribution in [0.5, 0.6) is 5.75 Å². The van der Waals surface area contributed by atoms with Crippen LogP contribution in [0.3, 0.4) is 0 Å². The molecule has 1 atom stereocenters. The zero-order valence-corrected chi connectivity index (χ0v) is 22.2. The number of carboxylic acids is 1. The second-order valence-electron chi connectivity index (χ2n) is 8.31. The number of hydrogen-bond donors (Lipinski definition) is 1. The highest BCUT2D eigenvalue weighted by molar-refractivity contribution is 9.10. The van der Waals surface area contributed by atoms with E-state index >= 15 is 0 Å². The smallest absolute Gasteiger partial charge is 0.344 e. The van der Waals surface area contributed by atoms with Crippen molar-refractivity contribution in [2.75, 3.05) is 0 Å². The van der Waals surface area contributed by atoms with Gasteiger partial charge in [-0.3, -0.25) is 14.9 Å². The Balaban J connectivity index is 1.73. The fourth-order valence-electron chi connectivity index (χ4n) is 3.82. The van der Waals surface area contributed by atoms with Gasteiger partial charge < -0.3 is 14.3 Å². The van der Waals surface area contributed by atoms with E-state index in [9.17, 15) is 24.8 Å². The number of nitro benzene ring substituents is 1. The summed E-state index contributed by atoms with van der Waals surface area (Å²) in [5.74, 6) is -1.40. The SMILES string of the molecule is C[C@H](Oc1c(C=Nn2c(-c3cc4cc(Br)ccc4o3)nc3ccccc3c2=O)cc(Cl)cc1[N+](=O)[O-])C(=O)O. The first-order valence-corrected chi connectivity index (χ1v) is 12.4. The van der Waals surface area contributed by atoms with E-state index in [0.717, 1.165) is 26.8 Å². The minimum absolute atomic E-state index is 0.0226. The fourth-order valence-corrected chi connectivity index (χ4v) is 4.42. The molecule has 0 spiro atoms. The Kier molecular flexibility index (Phi) is 6.89. The molecule has 0 aliphatic rings. The van der Waals surface area contributed by atoms with Gasteiger partial charge in [0.2, 0.25) is 11.6 Å². The second kappa shape index (κ2) is 10.3. The number of furan rings is 1. The number of fused-ring (bicyclic) bond motifs is 2. The molecule has 0 saturated heterocycles. The van der Waals surface area contributed by atoms with Crippen molar-refractivity contribution in [2.45, 2.75) is 13.0 Å². The van der Waals surface area contributed by atoms with Crippen LogP contribution >= 0.6 is 27.5 Å². The minimum Gasteiger partial charge on any atom is -0.479 e. The standard InChI is InChI=1S/C26H16BrClN4O7/c1-13(26(34)35)38-23-15(9-17(28)11-20(23)32(36)37)12-29-31-24(30-19-5-3-2-4-18(19)25(31)33)22-10-14-8-16(27)6-7-21(14)39-22/h2-13H,1H3,(H,34,35)/t13-/m0/s1. The summed E-state index contributed by atoms with van der Waals surface area (Å²) in [7, 11) is 0. The van der Waals surface area contributed by atoms with Gasteiger partial charge in [-0.25, -0.2) is 9.78 Å². The Morgan fingerprint density at radius 1 is 1.26 bits per heavy atom. The molecule has 5 aromatic rings. The van der Waals surface area contributed by atoms with Crippen molar-refractivity contribution in [3.8, 4) is 17.3 Å². The van der Waals surface area contributed by atoms with E-state index in [1.54, 1.807) is 42.5 Å². The molecule has 196 valence electrons. The third kappa shape index (κ3) is 5.11. The molecule has 0 aliphatic carbocycles. The Hall–Kier alpha value is -4.55. The minimum atomic E-state index is -1.42. The summed E-state index contributed by atoms with van der Waals surface area (Å²) in [6.45, 7) is 1.22. The maximum absolute atomic E-state index is 13.5. The number of para-hydroxylation sites is 1. The molecule has 11 nitrogen and oxygen atoms in total. The Morgan fingerprint density at radius 3 is 2.77 bits per heavy atom. The van der Waals surface area contributed by atoms with Crippen molar-refractivity contribution in [3.05, 3.63) is 96.2 Å². The van der Waals surface area contributed by atoms with Crippen LogP contribution in [0.4, 0.5) is 5.69 Å². The number of nitro groups is 1. The predicted molar refractivity (Wildman–Crippen MR) is 148 cm³/mol. The molecule has 0 saturated carbocycles. The highest BCUT2D eigenvalue weighted by Gasteiger charge is 2.25. The average Bonchev–Trinajstić information content (AvgIpc) is 3.32. The largest absolute Gasteiger partial charge is 0.479 e. The molecule has 5 rings (SSSR count). The zero-order chi connectivity index (χ0) is 27.8. The van der Waals surface area contributed by atoms with E-state index in [1.165, 1.54) is 13.0 Å². The third-order valence-electron chi connectivity index (χ3n) is 5.67. The molecule has 13 heteroatoms. The van der Waals surface area contributed by atoms with Gasteiger partial charge in [-0.2, -0.15) is 9.78 Å².